The van der Waals surface area contributed by atoms with Crippen molar-refractivity contribution in [3.05, 3.63) is 41.8 Å². The summed E-state index contributed by atoms with van der Waals surface area (Å²) in [5.74, 6) is -0.631. The molecule has 1 saturated heterocycles. The van der Waals surface area contributed by atoms with Crippen molar-refractivity contribution in [2.45, 2.75) is 32.2 Å². The van der Waals surface area contributed by atoms with Crippen LogP contribution in [0.1, 0.15) is 35.8 Å². The molecule has 1 amide bonds. The van der Waals surface area contributed by atoms with Crippen LogP contribution in [0.4, 0.5) is 0 Å². The van der Waals surface area contributed by atoms with Gasteiger partial charge in [-0.1, -0.05) is 0 Å². The average Bonchev–Trinajstić information content (AvgIpc) is 3.16. The molecular formula is C17H18N2O4. The van der Waals surface area contributed by atoms with E-state index in [1.54, 1.807) is 44.4 Å². The summed E-state index contributed by atoms with van der Waals surface area (Å²) in [5, 5.41) is 9.46. The summed E-state index contributed by atoms with van der Waals surface area (Å²) in [6, 6.07) is 6.97. The van der Waals surface area contributed by atoms with E-state index in [0.29, 0.717) is 42.1 Å². The molecule has 1 unspecified atom stereocenters. The van der Waals surface area contributed by atoms with Crippen LogP contribution in [0, 0.1) is 6.92 Å². The number of likely N-dealkylation sites (tertiary alicyclic amines) is 1. The molecule has 0 aromatic carbocycles. The standard InChI is InChI=1S/C17H18N2O4/c1-11-12(6-7-13(18-11)14-5-3-10-23-14)15(20)19-9-4-8-17(19,2)16(21)22/h3,5-7,10H,4,8-9H2,1-2H3,(H,21,22). The monoisotopic (exact) mass is 314 g/mol. The van der Waals surface area contributed by atoms with Gasteiger partial charge in [0, 0.05) is 6.54 Å². The highest BCUT2D eigenvalue weighted by atomic mass is 16.4. The minimum Gasteiger partial charge on any atom is -0.480 e. The Balaban J connectivity index is 1.93. The fourth-order valence-corrected chi connectivity index (χ4v) is 3.01. The zero-order valence-corrected chi connectivity index (χ0v) is 13.1. The van der Waals surface area contributed by atoms with Crippen molar-refractivity contribution >= 4 is 11.9 Å². The lowest BCUT2D eigenvalue weighted by molar-refractivity contribution is -0.147. The Kier molecular flexibility index (Phi) is 3.67. The van der Waals surface area contributed by atoms with Crippen LogP contribution < -0.4 is 0 Å². The van der Waals surface area contributed by atoms with Crippen molar-refractivity contribution in [2.75, 3.05) is 6.54 Å². The molecule has 0 bridgehead atoms. The number of carbonyl (C=O) groups excluding carboxylic acids is 1. The van der Waals surface area contributed by atoms with Gasteiger partial charge in [-0.25, -0.2) is 9.78 Å². The van der Waals surface area contributed by atoms with Crippen molar-refractivity contribution in [2.24, 2.45) is 0 Å². The minimum absolute atomic E-state index is 0.289. The molecule has 0 aliphatic carbocycles. The number of aryl methyl sites for hydroxylation is 1. The number of pyridine rings is 1. The molecule has 2 aromatic heterocycles. The molecular weight excluding hydrogens is 296 g/mol. The number of aliphatic carboxylic acids is 1. The number of hydrogen-bond donors (Lipinski definition) is 1. The molecule has 2 aromatic rings. The van der Waals surface area contributed by atoms with E-state index in [2.05, 4.69) is 4.98 Å². The lowest BCUT2D eigenvalue weighted by Gasteiger charge is -2.31. The third kappa shape index (κ3) is 2.50. The van der Waals surface area contributed by atoms with E-state index in [-0.39, 0.29) is 5.91 Å². The van der Waals surface area contributed by atoms with Gasteiger partial charge in [-0.3, -0.25) is 4.79 Å². The van der Waals surface area contributed by atoms with Crippen molar-refractivity contribution in [1.29, 1.82) is 0 Å². The van der Waals surface area contributed by atoms with Gasteiger partial charge in [-0.05, 0) is 51.0 Å². The van der Waals surface area contributed by atoms with Crippen LogP contribution in [-0.4, -0.2) is 39.0 Å². The van der Waals surface area contributed by atoms with Gasteiger partial charge < -0.3 is 14.4 Å². The number of aromatic nitrogens is 1. The van der Waals surface area contributed by atoms with E-state index in [9.17, 15) is 14.7 Å². The highest BCUT2D eigenvalue weighted by Crippen LogP contribution is 2.31. The first-order chi connectivity index (χ1) is 10.9. The maximum absolute atomic E-state index is 12.8. The second-order valence-corrected chi connectivity index (χ2v) is 5.95. The third-order valence-corrected chi connectivity index (χ3v) is 4.44. The maximum atomic E-state index is 12.8. The Morgan fingerprint density at radius 3 is 2.74 bits per heavy atom. The van der Waals surface area contributed by atoms with E-state index < -0.39 is 11.5 Å². The molecule has 1 aliphatic heterocycles. The lowest BCUT2D eigenvalue weighted by Crippen LogP contribution is -2.50. The zero-order chi connectivity index (χ0) is 16.6. The predicted octanol–water partition coefficient (Wildman–Crippen LogP) is 2.73. The summed E-state index contributed by atoms with van der Waals surface area (Å²) >= 11 is 0. The number of nitrogens with zero attached hydrogens (tertiary/aromatic N) is 2. The summed E-state index contributed by atoms with van der Waals surface area (Å²) in [6.07, 6.45) is 2.71. The molecule has 1 N–H and O–H groups in total. The summed E-state index contributed by atoms with van der Waals surface area (Å²) in [7, 11) is 0. The maximum Gasteiger partial charge on any atom is 0.329 e. The predicted molar refractivity (Wildman–Crippen MR) is 83.0 cm³/mol. The number of carboxylic acids is 1. The molecule has 6 nitrogen and oxygen atoms in total. The lowest BCUT2D eigenvalue weighted by atomic mass is 9.98. The molecule has 120 valence electrons. The minimum atomic E-state index is -1.15. The number of amides is 1. The molecule has 3 rings (SSSR count). The van der Waals surface area contributed by atoms with Crippen molar-refractivity contribution in [3.63, 3.8) is 0 Å². The quantitative estimate of drug-likeness (QED) is 0.941. The molecule has 1 fully saturated rings. The van der Waals surface area contributed by atoms with Crippen molar-refractivity contribution in [3.8, 4) is 11.5 Å². The van der Waals surface area contributed by atoms with E-state index in [0.717, 1.165) is 0 Å². The Morgan fingerprint density at radius 1 is 1.35 bits per heavy atom. The van der Waals surface area contributed by atoms with E-state index >= 15 is 0 Å². The van der Waals surface area contributed by atoms with Gasteiger partial charge in [-0.15, -0.1) is 0 Å². The van der Waals surface area contributed by atoms with E-state index in [1.807, 2.05) is 0 Å². The average molecular weight is 314 g/mol. The molecule has 1 aliphatic rings. The van der Waals surface area contributed by atoms with Crippen LogP contribution in [0.15, 0.2) is 34.9 Å². The first-order valence-corrected chi connectivity index (χ1v) is 7.50. The molecule has 1 atom stereocenters. The fourth-order valence-electron chi connectivity index (χ4n) is 3.01. The topological polar surface area (TPSA) is 83.6 Å². The van der Waals surface area contributed by atoms with E-state index in [4.69, 9.17) is 4.42 Å². The van der Waals surface area contributed by atoms with Gasteiger partial charge in [-0.2, -0.15) is 0 Å². The highest BCUT2D eigenvalue weighted by Gasteiger charge is 2.46. The van der Waals surface area contributed by atoms with Crippen molar-refractivity contribution < 1.29 is 19.1 Å². The molecule has 0 spiro atoms. The zero-order valence-electron chi connectivity index (χ0n) is 13.1. The Hall–Kier alpha value is -2.63. The molecule has 6 heteroatoms. The number of rotatable bonds is 3. The Morgan fingerprint density at radius 2 is 2.13 bits per heavy atom. The van der Waals surface area contributed by atoms with Crippen LogP contribution in [0.25, 0.3) is 11.5 Å². The SMILES string of the molecule is Cc1nc(-c2ccco2)ccc1C(=O)N1CCCC1(C)C(=O)O. The summed E-state index contributed by atoms with van der Waals surface area (Å²) in [5.41, 5.74) is 0.480. The van der Waals surface area contributed by atoms with Gasteiger partial charge in [0.2, 0.25) is 0 Å². The van der Waals surface area contributed by atoms with Gasteiger partial charge in [0.05, 0.1) is 17.5 Å². The first kappa shape index (κ1) is 15.3. The molecule has 23 heavy (non-hydrogen) atoms. The largest absolute Gasteiger partial charge is 0.480 e. The summed E-state index contributed by atoms with van der Waals surface area (Å²) in [6.45, 7) is 3.79. The van der Waals surface area contributed by atoms with Gasteiger partial charge >= 0.3 is 5.97 Å². The van der Waals surface area contributed by atoms with E-state index in [1.165, 1.54) is 4.90 Å². The van der Waals surface area contributed by atoms with Gasteiger partial charge in [0.25, 0.3) is 5.91 Å². The number of carboxylic acid groups (broad SMARTS) is 1. The molecule has 0 radical (unpaired) electrons. The summed E-state index contributed by atoms with van der Waals surface area (Å²) in [4.78, 5) is 30.2. The van der Waals surface area contributed by atoms with Gasteiger partial charge in [0.1, 0.15) is 11.2 Å². The van der Waals surface area contributed by atoms with Gasteiger partial charge in [0.15, 0.2) is 5.76 Å². The number of hydrogen-bond acceptors (Lipinski definition) is 4. The van der Waals surface area contributed by atoms with Crippen LogP contribution in [0.5, 0.6) is 0 Å². The van der Waals surface area contributed by atoms with Crippen LogP contribution in [0.3, 0.4) is 0 Å². The highest BCUT2D eigenvalue weighted by molar-refractivity contribution is 5.99. The first-order valence-electron chi connectivity index (χ1n) is 7.50. The second-order valence-electron chi connectivity index (χ2n) is 5.95. The number of furan rings is 1. The molecule has 0 saturated carbocycles. The van der Waals surface area contributed by atoms with Crippen molar-refractivity contribution in [1.82, 2.24) is 9.88 Å². The van der Waals surface area contributed by atoms with Crippen LogP contribution in [-0.2, 0) is 4.79 Å². The Bertz CT molecular complexity index is 754. The molecule has 3 heterocycles. The third-order valence-electron chi connectivity index (χ3n) is 4.44. The summed E-state index contributed by atoms with van der Waals surface area (Å²) < 4.78 is 5.30. The second kappa shape index (κ2) is 5.53. The van der Waals surface area contributed by atoms with Crippen LogP contribution >= 0.6 is 0 Å². The smallest absolute Gasteiger partial charge is 0.329 e. The fraction of sp³-hybridized carbons (Fsp3) is 0.353. The number of carbonyl (C=O) groups is 2. The normalized spacial score (nSPS) is 20.7. The van der Waals surface area contributed by atoms with Crippen LogP contribution in [0.2, 0.25) is 0 Å². The Labute approximate surface area is 133 Å².